The maximum Gasteiger partial charge on any atom is 0.249 e. The molecule has 148 valence electrons. The van der Waals surface area contributed by atoms with E-state index >= 15 is 0 Å². The fourth-order valence-electron chi connectivity index (χ4n) is 3.87. The molecule has 0 bridgehead atoms. The van der Waals surface area contributed by atoms with Crippen LogP contribution in [-0.4, -0.2) is 44.6 Å². The molecule has 6 nitrogen and oxygen atoms in total. The van der Waals surface area contributed by atoms with Crippen LogP contribution in [0.3, 0.4) is 0 Å². The van der Waals surface area contributed by atoms with E-state index in [-0.39, 0.29) is 11.7 Å². The lowest BCUT2D eigenvalue weighted by molar-refractivity contribution is -0.131. The topological polar surface area (TPSA) is 69.7 Å². The van der Waals surface area contributed by atoms with E-state index in [4.69, 9.17) is 0 Å². The lowest BCUT2D eigenvalue weighted by Crippen LogP contribution is -2.36. The summed E-state index contributed by atoms with van der Waals surface area (Å²) in [4.78, 5) is 15.0. The molecule has 2 aliphatic heterocycles. The Morgan fingerprint density at radius 3 is 2.18 bits per heavy atom. The van der Waals surface area contributed by atoms with Crippen LogP contribution in [0, 0.1) is 0 Å². The number of anilines is 2. The van der Waals surface area contributed by atoms with E-state index in [0.29, 0.717) is 18.7 Å². The third-order valence-electron chi connectivity index (χ3n) is 5.36. The molecular formula is C21H25N3O3S. The van der Waals surface area contributed by atoms with Crippen molar-refractivity contribution in [1.82, 2.24) is 4.90 Å². The van der Waals surface area contributed by atoms with Crippen molar-refractivity contribution in [2.75, 3.05) is 35.0 Å². The van der Waals surface area contributed by atoms with Crippen LogP contribution in [0.4, 0.5) is 11.4 Å². The Bertz CT molecular complexity index is 923. The van der Waals surface area contributed by atoms with E-state index < -0.39 is 16.1 Å². The molecule has 2 saturated heterocycles. The summed E-state index contributed by atoms with van der Waals surface area (Å²) in [6, 6.07) is 16.5. The first kappa shape index (κ1) is 18.8. The third kappa shape index (κ3) is 3.85. The molecule has 7 heteroatoms. The van der Waals surface area contributed by atoms with Crippen molar-refractivity contribution < 1.29 is 13.2 Å². The molecule has 0 radical (unpaired) electrons. The molecule has 1 amide bonds. The number of nitrogens with zero attached hydrogens (tertiary/aromatic N) is 2. The second-order valence-electron chi connectivity index (χ2n) is 7.31. The van der Waals surface area contributed by atoms with Crippen molar-refractivity contribution in [3.63, 3.8) is 0 Å². The van der Waals surface area contributed by atoms with Gasteiger partial charge in [-0.2, -0.15) is 0 Å². The Balaban J connectivity index is 1.56. The number of likely N-dealkylation sites (tertiary alicyclic amines) is 1. The molecule has 2 aromatic rings. The van der Waals surface area contributed by atoms with Gasteiger partial charge in [-0.05, 0) is 49.1 Å². The SMILES string of the molecule is O=C(C(Nc1ccc(N2CCCS2(=O)=O)cc1)c1ccccc1)N1CCCC1. The number of rotatable bonds is 5. The van der Waals surface area contributed by atoms with Gasteiger partial charge in [-0.25, -0.2) is 8.42 Å². The number of carbonyl (C=O) groups is 1. The standard InChI is InChI=1S/C21H25N3O3S/c25-21(23-13-4-5-14-23)20(17-7-2-1-3-8-17)22-18-9-11-19(12-10-18)24-15-6-16-28(24,26)27/h1-3,7-12,20,22H,4-6,13-16H2. The Hall–Kier alpha value is -2.54. The molecule has 1 N–H and O–H groups in total. The summed E-state index contributed by atoms with van der Waals surface area (Å²) >= 11 is 0. The first-order valence-corrected chi connectivity index (χ1v) is 11.4. The van der Waals surface area contributed by atoms with Crippen LogP contribution in [-0.2, 0) is 14.8 Å². The average Bonchev–Trinajstić information content (AvgIpc) is 3.36. The number of sulfonamides is 1. The first-order chi connectivity index (χ1) is 13.5. The van der Waals surface area contributed by atoms with Crippen LogP contribution in [0.2, 0.25) is 0 Å². The Morgan fingerprint density at radius 2 is 1.57 bits per heavy atom. The predicted octanol–water partition coefficient (Wildman–Crippen LogP) is 3.00. The quantitative estimate of drug-likeness (QED) is 0.839. The largest absolute Gasteiger partial charge is 0.370 e. The van der Waals surface area contributed by atoms with Crippen molar-refractivity contribution in [3.8, 4) is 0 Å². The van der Waals surface area contributed by atoms with Crippen LogP contribution in [0.1, 0.15) is 30.9 Å². The Kier molecular flexibility index (Phi) is 5.26. The highest BCUT2D eigenvalue weighted by Crippen LogP contribution is 2.28. The molecule has 2 fully saturated rings. The van der Waals surface area contributed by atoms with E-state index in [2.05, 4.69) is 5.32 Å². The molecule has 28 heavy (non-hydrogen) atoms. The molecule has 2 aliphatic rings. The molecule has 0 aromatic heterocycles. The van der Waals surface area contributed by atoms with Crippen LogP contribution in [0.25, 0.3) is 0 Å². The summed E-state index contributed by atoms with van der Waals surface area (Å²) in [5.41, 5.74) is 2.39. The van der Waals surface area contributed by atoms with Gasteiger partial charge in [0.1, 0.15) is 6.04 Å². The van der Waals surface area contributed by atoms with Gasteiger partial charge in [0.05, 0.1) is 11.4 Å². The number of amides is 1. The number of hydrogen-bond donors (Lipinski definition) is 1. The second-order valence-corrected chi connectivity index (χ2v) is 9.32. The smallest absolute Gasteiger partial charge is 0.249 e. The molecule has 0 spiro atoms. The molecular weight excluding hydrogens is 374 g/mol. The Labute approximate surface area is 166 Å². The van der Waals surface area contributed by atoms with Crippen LogP contribution in [0.15, 0.2) is 54.6 Å². The van der Waals surface area contributed by atoms with E-state index in [1.165, 1.54) is 4.31 Å². The maximum absolute atomic E-state index is 13.1. The van der Waals surface area contributed by atoms with Gasteiger partial charge in [0.25, 0.3) is 0 Å². The van der Waals surface area contributed by atoms with Gasteiger partial charge in [0, 0.05) is 25.3 Å². The number of benzene rings is 2. The van der Waals surface area contributed by atoms with Gasteiger partial charge in [0.2, 0.25) is 15.9 Å². The monoisotopic (exact) mass is 399 g/mol. The zero-order valence-corrected chi connectivity index (χ0v) is 16.6. The van der Waals surface area contributed by atoms with Gasteiger partial charge < -0.3 is 10.2 Å². The lowest BCUT2D eigenvalue weighted by Gasteiger charge is -2.25. The molecule has 1 atom stereocenters. The van der Waals surface area contributed by atoms with Gasteiger partial charge in [-0.1, -0.05) is 30.3 Å². The Morgan fingerprint density at radius 1 is 0.893 bits per heavy atom. The van der Waals surface area contributed by atoms with Crippen molar-refractivity contribution in [3.05, 3.63) is 60.2 Å². The number of nitrogens with one attached hydrogen (secondary N) is 1. The van der Waals surface area contributed by atoms with Gasteiger partial charge in [-0.15, -0.1) is 0 Å². The summed E-state index contributed by atoms with van der Waals surface area (Å²) in [6.07, 6.45) is 2.75. The third-order valence-corrected chi connectivity index (χ3v) is 7.23. The average molecular weight is 400 g/mol. The molecule has 4 rings (SSSR count). The van der Waals surface area contributed by atoms with Crippen LogP contribution in [0.5, 0.6) is 0 Å². The van der Waals surface area contributed by atoms with Crippen molar-refractivity contribution >= 4 is 27.3 Å². The van der Waals surface area contributed by atoms with E-state index in [1.807, 2.05) is 47.4 Å². The second kappa shape index (κ2) is 7.83. The van der Waals surface area contributed by atoms with Gasteiger partial charge in [-0.3, -0.25) is 9.10 Å². The molecule has 2 aromatic carbocycles. The van der Waals surface area contributed by atoms with Gasteiger partial charge in [0.15, 0.2) is 0 Å². The highest BCUT2D eigenvalue weighted by molar-refractivity contribution is 7.93. The van der Waals surface area contributed by atoms with Crippen molar-refractivity contribution in [2.24, 2.45) is 0 Å². The number of hydrogen-bond acceptors (Lipinski definition) is 4. The van der Waals surface area contributed by atoms with E-state index in [0.717, 1.165) is 37.2 Å². The summed E-state index contributed by atoms with van der Waals surface area (Å²) in [5, 5.41) is 3.35. The zero-order valence-electron chi connectivity index (χ0n) is 15.8. The van der Waals surface area contributed by atoms with Crippen molar-refractivity contribution in [2.45, 2.75) is 25.3 Å². The molecule has 0 saturated carbocycles. The van der Waals surface area contributed by atoms with Crippen LogP contribution >= 0.6 is 0 Å². The minimum absolute atomic E-state index is 0.0786. The number of carbonyl (C=O) groups excluding carboxylic acids is 1. The molecule has 2 heterocycles. The summed E-state index contributed by atoms with van der Waals surface area (Å²) in [7, 11) is -3.19. The van der Waals surface area contributed by atoms with Gasteiger partial charge >= 0.3 is 0 Å². The van der Waals surface area contributed by atoms with Crippen LogP contribution < -0.4 is 9.62 Å². The molecule has 1 unspecified atom stereocenters. The zero-order chi connectivity index (χ0) is 19.6. The summed E-state index contributed by atoms with van der Waals surface area (Å²) in [6.45, 7) is 2.13. The van der Waals surface area contributed by atoms with Crippen molar-refractivity contribution in [1.29, 1.82) is 0 Å². The fraction of sp³-hybridized carbons (Fsp3) is 0.381. The highest BCUT2D eigenvalue weighted by Gasteiger charge is 2.29. The summed E-state index contributed by atoms with van der Waals surface area (Å²) < 4.78 is 25.7. The predicted molar refractivity (Wildman–Crippen MR) is 111 cm³/mol. The highest BCUT2D eigenvalue weighted by atomic mass is 32.2. The van der Waals surface area contributed by atoms with E-state index in [1.54, 1.807) is 12.1 Å². The maximum atomic E-state index is 13.1. The molecule has 0 aliphatic carbocycles. The summed E-state index contributed by atoms with van der Waals surface area (Å²) in [5.74, 6) is 0.280. The lowest BCUT2D eigenvalue weighted by atomic mass is 10.0. The normalized spacial score (nSPS) is 19.6. The first-order valence-electron chi connectivity index (χ1n) is 9.75. The minimum Gasteiger partial charge on any atom is -0.370 e. The minimum atomic E-state index is -3.19. The fourth-order valence-corrected chi connectivity index (χ4v) is 5.44. The van der Waals surface area contributed by atoms with E-state index in [9.17, 15) is 13.2 Å².